The zero-order chi connectivity index (χ0) is 10.2. The van der Waals surface area contributed by atoms with Crippen molar-refractivity contribution >= 4 is 5.95 Å². The zero-order valence-corrected chi connectivity index (χ0v) is 9.08. The van der Waals surface area contributed by atoms with Gasteiger partial charge >= 0.3 is 0 Å². The highest BCUT2D eigenvalue weighted by molar-refractivity contribution is 5.23. The van der Waals surface area contributed by atoms with E-state index in [4.69, 9.17) is 0 Å². The van der Waals surface area contributed by atoms with Crippen molar-refractivity contribution in [1.29, 1.82) is 0 Å². The highest BCUT2D eigenvalue weighted by atomic mass is 15.1. The van der Waals surface area contributed by atoms with Gasteiger partial charge in [-0.15, -0.1) is 0 Å². The fourth-order valence-corrected chi connectivity index (χ4v) is 1.39. The van der Waals surface area contributed by atoms with Gasteiger partial charge in [-0.3, -0.25) is 0 Å². The summed E-state index contributed by atoms with van der Waals surface area (Å²) in [7, 11) is 1.84. The van der Waals surface area contributed by atoms with Crippen molar-refractivity contribution in [2.24, 2.45) is 0 Å². The minimum Gasteiger partial charge on any atom is -0.357 e. The van der Waals surface area contributed by atoms with Crippen LogP contribution in [0.15, 0.2) is 12.3 Å². The number of unbranched alkanes of at least 4 members (excludes halogenated alkanes) is 3. The average molecular weight is 193 g/mol. The van der Waals surface area contributed by atoms with E-state index in [0.717, 1.165) is 18.1 Å². The summed E-state index contributed by atoms with van der Waals surface area (Å²) >= 11 is 0. The molecule has 0 aliphatic rings. The van der Waals surface area contributed by atoms with Crippen LogP contribution in [0, 0.1) is 0 Å². The van der Waals surface area contributed by atoms with Gasteiger partial charge in [-0.2, -0.15) is 0 Å². The minimum absolute atomic E-state index is 0.720. The van der Waals surface area contributed by atoms with Crippen molar-refractivity contribution in [3.63, 3.8) is 0 Å². The molecule has 0 atom stereocenters. The second-order valence-corrected chi connectivity index (χ2v) is 3.43. The number of rotatable bonds is 6. The van der Waals surface area contributed by atoms with Crippen molar-refractivity contribution in [3.05, 3.63) is 18.0 Å². The molecule has 3 nitrogen and oxygen atoms in total. The standard InChI is InChI=1S/C11H19N3/c1-3-4-5-6-7-10-8-9-13-11(12-2)14-10/h8-9H,3-7H2,1-2H3,(H,12,13,14). The lowest BCUT2D eigenvalue weighted by atomic mass is 10.1. The van der Waals surface area contributed by atoms with Crippen molar-refractivity contribution < 1.29 is 0 Å². The first-order valence-corrected chi connectivity index (χ1v) is 5.36. The quantitative estimate of drug-likeness (QED) is 0.706. The molecule has 1 heterocycles. The van der Waals surface area contributed by atoms with E-state index in [2.05, 4.69) is 22.2 Å². The van der Waals surface area contributed by atoms with Gasteiger partial charge < -0.3 is 5.32 Å². The molecule has 78 valence electrons. The Morgan fingerprint density at radius 2 is 2.14 bits per heavy atom. The van der Waals surface area contributed by atoms with Crippen LogP contribution in [0.3, 0.4) is 0 Å². The Bertz CT molecular complexity index is 260. The molecule has 1 rings (SSSR count). The van der Waals surface area contributed by atoms with E-state index in [9.17, 15) is 0 Å². The molecule has 1 aromatic heterocycles. The summed E-state index contributed by atoms with van der Waals surface area (Å²) in [6.07, 6.45) is 8.02. The molecule has 1 N–H and O–H groups in total. The Morgan fingerprint density at radius 3 is 2.86 bits per heavy atom. The fraction of sp³-hybridized carbons (Fsp3) is 0.636. The molecule has 0 aliphatic heterocycles. The van der Waals surface area contributed by atoms with Crippen LogP contribution < -0.4 is 5.32 Å². The van der Waals surface area contributed by atoms with Crippen LogP contribution in [0.5, 0.6) is 0 Å². The molecule has 0 fully saturated rings. The molecular formula is C11H19N3. The lowest BCUT2D eigenvalue weighted by Crippen LogP contribution is -1.99. The highest BCUT2D eigenvalue weighted by Crippen LogP contribution is 2.06. The second-order valence-electron chi connectivity index (χ2n) is 3.43. The van der Waals surface area contributed by atoms with Gasteiger partial charge in [-0.1, -0.05) is 26.2 Å². The van der Waals surface area contributed by atoms with E-state index in [-0.39, 0.29) is 0 Å². The third-order valence-electron chi connectivity index (χ3n) is 2.22. The van der Waals surface area contributed by atoms with E-state index in [1.54, 1.807) is 0 Å². The minimum atomic E-state index is 0.720. The molecule has 0 amide bonds. The first-order valence-electron chi connectivity index (χ1n) is 5.36. The van der Waals surface area contributed by atoms with Crippen molar-refractivity contribution in [2.75, 3.05) is 12.4 Å². The second kappa shape index (κ2) is 6.35. The van der Waals surface area contributed by atoms with Crippen LogP contribution in [0.1, 0.15) is 38.3 Å². The molecule has 14 heavy (non-hydrogen) atoms. The van der Waals surface area contributed by atoms with Gasteiger partial charge in [0.15, 0.2) is 0 Å². The molecule has 0 aliphatic carbocycles. The van der Waals surface area contributed by atoms with Crippen LogP contribution in [-0.2, 0) is 6.42 Å². The summed E-state index contributed by atoms with van der Waals surface area (Å²) in [6.45, 7) is 2.23. The maximum absolute atomic E-state index is 4.37. The van der Waals surface area contributed by atoms with Gasteiger partial charge in [0.1, 0.15) is 0 Å². The first-order chi connectivity index (χ1) is 6.86. The van der Waals surface area contributed by atoms with E-state index in [1.807, 2.05) is 19.3 Å². The maximum Gasteiger partial charge on any atom is 0.222 e. The Balaban J connectivity index is 2.34. The first kappa shape index (κ1) is 11.0. The molecular weight excluding hydrogens is 174 g/mol. The lowest BCUT2D eigenvalue weighted by molar-refractivity contribution is 0.660. The number of nitrogens with zero attached hydrogens (tertiary/aromatic N) is 2. The average Bonchev–Trinajstić information content (AvgIpc) is 2.25. The molecule has 0 unspecified atom stereocenters. The number of aryl methyl sites for hydroxylation is 1. The highest BCUT2D eigenvalue weighted by Gasteiger charge is 1.96. The monoisotopic (exact) mass is 193 g/mol. The van der Waals surface area contributed by atoms with Crippen LogP contribution in [0.4, 0.5) is 5.95 Å². The predicted molar refractivity (Wildman–Crippen MR) is 59.4 cm³/mol. The maximum atomic E-state index is 4.37. The number of aromatic nitrogens is 2. The van der Waals surface area contributed by atoms with Gasteiger partial charge in [0.25, 0.3) is 0 Å². The van der Waals surface area contributed by atoms with Crippen molar-refractivity contribution in [2.45, 2.75) is 39.0 Å². The molecule has 0 bridgehead atoms. The third-order valence-corrected chi connectivity index (χ3v) is 2.22. The number of nitrogens with one attached hydrogen (secondary N) is 1. The van der Waals surface area contributed by atoms with Gasteiger partial charge in [0.05, 0.1) is 0 Å². The summed E-state index contributed by atoms with van der Waals surface area (Å²) in [5, 5.41) is 2.95. The Kier molecular flexibility index (Phi) is 4.97. The third kappa shape index (κ3) is 3.73. The van der Waals surface area contributed by atoms with Crippen molar-refractivity contribution in [1.82, 2.24) is 9.97 Å². The Hall–Kier alpha value is -1.12. The SMILES string of the molecule is CCCCCCc1ccnc(NC)n1. The summed E-state index contributed by atoms with van der Waals surface area (Å²) in [5.41, 5.74) is 1.14. The smallest absolute Gasteiger partial charge is 0.222 e. The van der Waals surface area contributed by atoms with Crippen LogP contribution >= 0.6 is 0 Å². The van der Waals surface area contributed by atoms with E-state index >= 15 is 0 Å². The lowest BCUT2D eigenvalue weighted by Gasteiger charge is -2.02. The van der Waals surface area contributed by atoms with Crippen molar-refractivity contribution in [3.8, 4) is 0 Å². The molecule has 0 radical (unpaired) electrons. The van der Waals surface area contributed by atoms with Gasteiger partial charge in [-0.25, -0.2) is 9.97 Å². The molecule has 1 aromatic rings. The summed E-state index contributed by atoms with van der Waals surface area (Å²) in [5.74, 6) is 0.720. The van der Waals surface area contributed by atoms with E-state index in [0.29, 0.717) is 0 Å². The predicted octanol–water partition coefficient (Wildman–Crippen LogP) is 2.64. The molecule has 3 heteroatoms. The van der Waals surface area contributed by atoms with Crippen LogP contribution in [-0.4, -0.2) is 17.0 Å². The fourth-order valence-electron chi connectivity index (χ4n) is 1.39. The largest absolute Gasteiger partial charge is 0.357 e. The normalized spacial score (nSPS) is 10.1. The summed E-state index contributed by atoms with van der Waals surface area (Å²) in [6, 6.07) is 1.99. The van der Waals surface area contributed by atoms with Gasteiger partial charge in [0, 0.05) is 18.9 Å². The molecule has 0 saturated carbocycles. The van der Waals surface area contributed by atoms with Gasteiger partial charge in [-0.05, 0) is 18.9 Å². The van der Waals surface area contributed by atoms with Gasteiger partial charge in [0.2, 0.25) is 5.95 Å². The van der Waals surface area contributed by atoms with Crippen LogP contribution in [0.2, 0.25) is 0 Å². The number of hydrogen-bond donors (Lipinski definition) is 1. The summed E-state index contributed by atoms with van der Waals surface area (Å²) in [4.78, 5) is 8.45. The summed E-state index contributed by atoms with van der Waals surface area (Å²) < 4.78 is 0. The van der Waals surface area contributed by atoms with Crippen LogP contribution in [0.25, 0.3) is 0 Å². The Labute approximate surface area is 86.0 Å². The molecule has 0 spiro atoms. The zero-order valence-electron chi connectivity index (χ0n) is 9.08. The van der Waals surface area contributed by atoms with E-state index in [1.165, 1.54) is 25.7 Å². The molecule has 0 saturated heterocycles. The Morgan fingerprint density at radius 1 is 1.29 bits per heavy atom. The number of anilines is 1. The molecule has 0 aromatic carbocycles. The van der Waals surface area contributed by atoms with E-state index < -0.39 is 0 Å². The number of hydrogen-bond acceptors (Lipinski definition) is 3. The topological polar surface area (TPSA) is 37.8 Å².